The fourth-order valence-electron chi connectivity index (χ4n) is 2.19. The van der Waals surface area contributed by atoms with Crippen molar-refractivity contribution in [1.29, 1.82) is 0 Å². The molecule has 0 aromatic heterocycles. The molecule has 3 nitrogen and oxygen atoms in total. The Morgan fingerprint density at radius 3 is 2.71 bits per heavy atom. The largest absolute Gasteiger partial charge is 0.352 e. The number of piperidine rings is 1. The van der Waals surface area contributed by atoms with Gasteiger partial charge in [0.05, 0.1) is 0 Å². The van der Waals surface area contributed by atoms with Crippen molar-refractivity contribution in [3.63, 3.8) is 0 Å². The van der Waals surface area contributed by atoms with Gasteiger partial charge in [-0.25, -0.2) is 0 Å². The highest BCUT2D eigenvalue weighted by atomic mass is 16.2. The Balaban J connectivity index is 1.77. The van der Waals surface area contributed by atoms with Crippen molar-refractivity contribution in [3.8, 4) is 0 Å². The van der Waals surface area contributed by atoms with Gasteiger partial charge in [0.1, 0.15) is 0 Å². The smallest absolute Gasteiger partial charge is 0.223 e. The highest BCUT2D eigenvalue weighted by molar-refractivity contribution is 5.82. The zero-order valence-electron chi connectivity index (χ0n) is 9.10. The van der Waals surface area contributed by atoms with Crippen molar-refractivity contribution in [2.45, 2.75) is 39.2 Å². The van der Waals surface area contributed by atoms with Crippen LogP contribution in [-0.2, 0) is 4.79 Å². The van der Waals surface area contributed by atoms with E-state index in [-0.39, 0.29) is 17.2 Å². The van der Waals surface area contributed by atoms with E-state index >= 15 is 0 Å². The molecule has 2 aliphatic rings. The number of hydrogen-bond donors (Lipinski definition) is 2. The summed E-state index contributed by atoms with van der Waals surface area (Å²) in [7, 11) is 0. The van der Waals surface area contributed by atoms with Crippen molar-refractivity contribution in [2.75, 3.05) is 13.1 Å². The molecule has 0 aromatic rings. The normalized spacial score (nSPS) is 35.0. The third-order valence-corrected chi connectivity index (χ3v) is 3.47. The second-order valence-corrected chi connectivity index (χ2v) is 5.30. The summed E-state index contributed by atoms with van der Waals surface area (Å²) in [6.07, 6.45) is 3.36. The molecular weight excluding hydrogens is 176 g/mol. The van der Waals surface area contributed by atoms with E-state index in [2.05, 4.69) is 24.5 Å². The van der Waals surface area contributed by atoms with E-state index in [4.69, 9.17) is 0 Å². The van der Waals surface area contributed by atoms with Crippen molar-refractivity contribution >= 4 is 5.91 Å². The fourth-order valence-corrected chi connectivity index (χ4v) is 2.19. The van der Waals surface area contributed by atoms with Gasteiger partial charge in [-0.2, -0.15) is 0 Å². The third kappa shape index (κ3) is 2.08. The van der Waals surface area contributed by atoms with E-state index < -0.39 is 0 Å². The van der Waals surface area contributed by atoms with Crippen molar-refractivity contribution in [2.24, 2.45) is 11.3 Å². The maximum Gasteiger partial charge on any atom is 0.223 e. The van der Waals surface area contributed by atoms with E-state index in [1.165, 1.54) is 6.42 Å². The molecule has 0 spiro atoms. The highest BCUT2D eigenvalue weighted by Crippen LogP contribution is 2.51. The molecule has 2 rings (SSSR count). The number of hydrogen-bond acceptors (Lipinski definition) is 2. The molecule has 2 atom stereocenters. The monoisotopic (exact) mass is 196 g/mol. The van der Waals surface area contributed by atoms with E-state index in [1.807, 2.05) is 0 Å². The number of carbonyl (C=O) groups is 1. The van der Waals surface area contributed by atoms with Gasteiger partial charge in [-0.05, 0) is 31.2 Å². The second kappa shape index (κ2) is 3.54. The maximum absolute atomic E-state index is 11.8. The second-order valence-electron chi connectivity index (χ2n) is 5.30. The first kappa shape index (κ1) is 9.97. The SMILES string of the molecule is CC1(C)CC1C(=O)N[C@H]1CCCNC1. The lowest BCUT2D eigenvalue weighted by Crippen LogP contribution is -2.46. The van der Waals surface area contributed by atoms with E-state index in [9.17, 15) is 4.79 Å². The minimum atomic E-state index is 0.256. The Bertz CT molecular complexity index is 231. The van der Waals surface area contributed by atoms with E-state index in [0.717, 1.165) is 25.9 Å². The fraction of sp³-hybridized carbons (Fsp3) is 0.909. The standard InChI is InChI=1S/C11H20N2O/c1-11(2)6-9(11)10(14)13-8-4-3-5-12-7-8/h8-9,12H,3-7H2,1-2H3,(H,13,14)/t8-,9?/m0/s1. The average Bonchev–Trinajstić information content (AvgIpc) is 2.77. The molecule has 0 bridgehead atoms. The van der Waals surface area contributed by atoms with Gasteiger partial charge in [-0.1, -0.05) is 13.8 Å². The van der Waals surface area contributed by atoms with Crippen LogP contribution in [0.1, 0.15) is 33.1 Å². The van der Waals surface area contributed by atoms with Crippen LogP contribution < -0.4 is 10.6 Å². The minimum Gasteiger partial charge on any atom is -0.352 e. The van der Waals surface area contributed by atoms with Crippen LogP contribution in [-0.4, -0.2) is 25.0 Å². The highest BCUT2D eigenvalue weighted by Gasteiger charge is 2.50. The summed E-state index contributed by atoms with van der Waals surface area (Å²) in [6.45, 7) is 6.37. The first-order chi connectivity index (χ1) is 6.59. The summed E-state index contributed by atoms with van der Waals surface area (Å²) in [5.74, 6) is 0.535. The van der Waals surface area contributed by atoms with Crippen molar-refractivity contribution in [1.82, 2.24) is 10.6 Å². The third-order valence-electron chi connectivity index (χ3n) is 3.47. The summed E-state index contributed by atoms with van der Waals surface area (Å²) in [4.78, 5) is 11.8. The Morgan fingerprint density at radius 2 is 2.21 bits per heavy atom. The molecule has 1 saturated carbocycles. The van der Waals surface area contributed by atoms with Crippen LogP contribution >= 0.6 is 0 Å². The summed E-state index contributed by atoms with van der Waals surface area (Å²) in [5.41, 5.74) is 0.256. The molecule has 1 unspecified atom stereocenters. The van der Waals surface area contributed by atoms with Crippen LogP contribution in [0.15, 0.2) is 0 Å². The molecule has 14 heavy (non-hydrogen) atoms. The number of carbonyl (C=O) groups excluding carboxylic acids is 1. The first-order valence-electron chi connectivity index (χ1n) is 5.61. The Hall–Kier alpha value is -0.570. The molecule has 1 aliphatic heterocycles. The van der Waals surface area contributed by atoms with Gasteiger partial charge in [0.25, 0.3) is 0 Å². The molecule has 1 amide bonds. The number of nitrogens with one attached hydrogen (secondary N) is 2. The van der Waals surface area contributed by atoms with Crippen LogP contribution in [0.2, 0.25) is 0 Å². The molecular formula is C11H20N2O. The summed E-state index contributed by atoms with van der Waals surface area (Å²) in [6, 6.07) is 0.368. The molecule has 0 aromatic carbocycles. The molecule has 0 radical (unpaired) electrons. The van der Waals surface area contributed by atoms with Crippen LogP contribution in [0.4, 0.5) is 0 Å². The summed E-state index contributed by atoms with van der Waals surface area (Å²) in [5, 5.41) is 6.44. The van der Waals surface area contributed by atoms with Gasteiger partial charge < -0.3 is 10.6 Å². The average molecular weight is 196 g/mol. The van der Waals surface area contributed by atoms with Gasteiger partial charge in [-0.15, -0.1) is 0 Å². The van der Waals surface area contributed by atoms with Gasteiger partial charge in [0.2, 0.25) is 5.91 Å². The van der Waals surface area contributed by atoms with Gasteiger partial charge >= 0.3 is 0 Å². The molecule has 80 valence electrons. The van der Waals surface area contributed by atoms with Crippen LogP contribution in [0.3, 0.4) is 0 Å². The predicted molar refractivity (Wildman–Crippen MR) is 55.9 cm³/mol. The Labute approximate surface area is 85.6 Å². The molecule has 1 saturated heterocycles. The molecule has 2 N–H and O–H groups in total. The molecule has 2 fully saturated rings. The lowest BCUT2D eigenvalue weighted by atomic mass is 10.1. The summed E-state index contributed by atoms with van der Waals surface area (Å²) < 4.78 is 0. The van der Waals surface area contributed by atoms with Crippen molar-refractivity contribution in [3.05, 3.63) is 0 Å². The predicted octanol–water partition coefficient (Wildman–Crippen LogP) is 0.901. The lowest BCUT2D eigenvalue weighted by Gasteiger charge is -2.24. The Morgan fingerprint density at radius 1 is 1.50 bits per heavy atom. The maximum atomic E-state index is 11.8. The quantitative estimate of drug-likeness (QED) is 0.689. The molecule has 1 aliphatic carbocycles. The number of amides is 1. The topological polar surface area (TPSA) is 41.1 Å². The van der Waals surface area contributed by atoms with Crippen LogP contribution in [0, 0.1) is 11.3 Å². The Kier molecular flexibility index (Phi) is 2.52. The summed E-state index contributed by atoms with van der Waals surface area (Å²) >= 11 is 0. The van der Waals surface area contributed by atoms with Crippen molar-refractivity contribution < 1.29 is 4.79 Å². The molecule has 3 heteroatoms. The van der Waals surface area contributed by atoms with Gasteiger partial charge in [0.15, 0.2) is 0 Å². The minimum absolute atomic E-state index is 0.256. The molecule has 1 heterocycles. The lowest BCUT2D eigenvalue weighted by molar-refractivity contribution is -0.123. The van der Waals surface area contributed by atoms with Crippen LogP contribution in [0.5, 0.6) is 0 Å². The van der Waals surface area contributed by atoms with E-state index in [1.54, 1.807) is 0 Å². The zero-order valence-corrected chi connectivity index (χ0v) is 9.10. The zero-order chi connectivity index (χ0) is 10.2. The van der Waals surface area contributed by atoms with Crippen LogP contribution in [0.25, 0.3) is 0 Å². The number of rotatable bonds is 2. The first-order valence-corrected chi connectivity index (χ1v) is 5.61. The van der Waals surface area contributed by atoms with E-state index in [0.29, 0.717) is 6.04 Å². The van der Waals surface area contributed by atoms with Gasteiger partial charge in [-0.3, -0.25) is 4.79 Å². The van der Waals surface area contributed by atoms with Gasteiger partial charge in [0, 0.05) is 18.5 Å².